The summed E-state index contributed by atoms with van der Waals surface area (Å²) in [5, 5.41) is -0.302. The van der Waals surface area contributed by atoms with Crippen molar-refractivity contribution in [3.63, 3.8) is 0 Å². The molecule has 2 saturated carbocycles. The maximum absolute atomic E-state index is 11.1. The van der Waals surface area contributed by atoms with Gasteiger partial charge < -0.3 is 0 Å². The van der Waals surface area contributed by atoms with Gasteiger partial charge in [0.15, 0.2) is 0 Å². The van der Waals surface area contributed by atoms with Crippen molar-refractivity contribution in [3.05, 3.63) is 0 Å². The molecule has 3 atom stereocenters. The van der Waals surface area contributed by atoms with Gasteiger partial charge in [-0.25, -0.2) is 0 Å². The summed E-state index contributed by atoms with van der Waals surface area (Å²) in [6.07, 6.45) is 2.49. The largest absolute Gasteiger partial charge is 0.299 e. The summed E-state index contributed by atoms with van der Waals surface area (Å²) in [6.45, 7) is 0. The Morgan fingerprint density at radius 2 is 2.18 bits per heavy atom. The quantitative estimate of drug-likeness (QED) is 0.560. The number of hydrogen-bond acceptors (Lipinski definition) is 2. The van der Waals surface area contributed by atoms with Crippen molar-refractivity contribution in [2.24, 2.45) is 17.8 Å². The number of Topliss-reactive ketones (excluding diaryl/α,β-unsaturated/α-hetero) is 1. The molecule has 2 aliphatic carbocycles. The second-order valence-corrected chi connectivity index (χ2v) is 3.82. The fraction of sp³-hybridized carbons (Fsp3) is 0.750. The molecule has 0 aromatic carbocycles. The second kappa shape index (κ2) is 2.31. The first-order valence-corrected chi connectivity index (χ1v) is 4.30. The lowest BCUT2D eigenvalue weighted by molar-refractivity contribution is -0.124. The first-order valence-electron chi connectivity index (χ1n) is 3.92. The van der Waals surface area contributed by atoms with Crippen LogP contribution in [0.2, 0.25) is 0 Å². The molecule has 2 bridgehead atoms. The summed E-state index contributed by atoms with van der Waals surface area (Å²) in [6, 6.07) is 0. The molecule has 2 fully saturated rings. The van der Waals surface area contributed by atoms with Crippen LogP contribution in [0.1, 0.15) is 19.3 Å². The lowest BCUT2D eigenvalue weighted by Gasteiger charge is -2.06. The van der Waals surface area contributed by atoms with Crippen molar-refractivity contribution in [2.75, 3.05) is 0 Å². The van der Waals surface area contributed by atoms with Crippen LogP contribution in [-0.2, 0) is 9.59 Å². The van der Waals surface area contributed by atoms with E-state index in [1.165, 1.54) is 0 Å². The van der Waals surface area contributed by atoms with Crippen molar-refractivity contribution in [3.8, 4) is 0 Å². The molecule has 0 spiro atoms. The minimum atomic E-state index is -0.302. The maximum Gasteiger partial charge on any atom is 0.225 e. The molecule has 0 radical (unpaired) electrons. The summed E-state index contributed by atoms with van der Waals surface area (Å²) >= 11 is 5.39. The highest BCUT2D eigenvalue weighted by Gasteiger charge is 2.50. The molecular formula is C8H9ClO2. The topological polar surface area (TPSA) is 34.1 Å². The van der Waals surface area contributed by atoms with Gasteiger partial charge in [0.25, 0.3) is 0 Å². The van der Waals surface area contributed by atoms with Crippen molar-refractivity contribution in [1.82, 2.24) is 0 Å². The standard InChI is InChI=1S/C8H9ClO2/c9-8(11)7-4-1-2-5(7)6(10)3-4/h4-5,7H,1-3H2. The molecule has 0 amide bonds. The van der Waals surface area contributed by atoms with E-state index in [9.17, 15) is 9.59 Å². The van der Waals surface area contributed by atoms with Gasteiger partial charge in [-0.05, 0) is 30.4 Å². The van der Waals surface area contributed by atoms with E-state index in [0.717, 1.165) is 12.8 Å². The molecular weight excluding hydrogens is 164 g/mol. The molecule has 3 heteroatoms. The predicted molar refractivity (Wildman–Crippen MR) is 40.2 cm³/mol. The first kappa shape index (κ1) is 7.29. The third-order valence-electron chi connectivity index (χ3n) is 2.93. The van der Waals surface area contributed by atoms with E-state index in [2.05, 4.69) is 0 Å². The lowest BCUT2D eigenvalue weighted by Crippen LogP contribution is -2.16. The third kappa shape index (κ3) is 0.924. The Morgan fingerprint density at radius 1 is 1.45 bits per heavy atom. The van der Waals surface area contributed by atoms with Crippen LogP contribution in [-0.4, -0.2) is 11.0 Å². The number of ketones is 1. The predicted octanol–water partition coefficient (Wildman–Crippen LogP) is 1.37. The Labute approximate surface area is 69.9 Å². The summed E-state index contributed by atoms with van der Waals surface area (Å²) in [7, 11) is 0. The van der Waals surface area contributed by atoms with Gasteiger partial charge in [-0.1, -0.05) is 0 Å². The molecule has 2 aliphatic rings. The van der Waals surface area contributed by atoms with Crippen LogP contribution in [0, 0.1) is 17.8 Å². The van der Waals surface area contributed by atoms with E-state index in [-0.39, 0.29) is 28.8 Å². The second-order valence-electron chi connectivity index (χ2n) is 3.44. The number of hydrogen-bond donors (Lipinski definition) is 0. The Kier molecular flexibility index (Phi) is 1.53. The fourth-order valence-electron chi connectivity index (χ4n) is 2.42. The number of rotatable bonds is 1. The SMILES string of the molecule is O=C1CC2CCC1C2C(=O)Cl. The van der Waals surface area contributed by atoms with Gasteiger partial charge in [0, 0.05) is 18.3 Å². The van der Waals surface area contributed by atoms with Crippen LogP contribution < -0.4 is 0 Å². The van der Waals surface area contributed by atoms with Crippen molar-refractivity contribution < 1.29 is 9.59 Å². The Balaban J connectivity index is 2.25. The van der Waals surface area contributed by atoms with Gasteiger partial charge in [-0.15, -0.1) is 0 Å². The van der Waals surface area contributed by atoms with Gasteiger partial charge in [0.1, 0.15) is 5.78 Å². The molecule has 0 aliphatic heterocycles. The average molecular weight is 173 g/mol. The smallest absolute Gasteiger partial charge is 0.225 e. The van der Waals surface area contributed by atoms with E-state index in [4.69, 9.17) is 11.6 Å². The normalized spacial score (nSPS) is 41.5. The molecule has 3 unspecified atom stereocenters. The minimum Gasteiger partial charge on any atom is -0.299 e. The fourth-order valence-corrected chi connectivity index (χ4v) is 2.76. The number of halogens is 1. The lowest BCUT2D eigenvalue weighted by atomic mass is 9.99. The van der Waals surface area contributed by atoms with Gasteiger partial charge in [-0.2, -0.15) is 0 Å². The monoisotopic (exact) mass is 172 g/mol. The van der Waals surface area contributed by atoms with Gasteiger partial charge >= 0.3 is 0 Å². The molecule has 0 aromatic heterocycles. The molecule has 0 N–H and O–H groups in total. The molecule has 0 heterocycles. The summed E-state index contributed by atoms with van der Waals surface area (Å²) in [5.41, 5.74) is 0. The molecule has 2 nitrogen and oxygen atoms in total. The van der Waals surface area contributed by atoms with Gasteiger partial charge in [-0.3, -0.25) is 9.59 Å². The Morgan fingerprint density at radius 3 is 2.45 bits per heavy atom. The number of carbonyl (C=O) groups excluding carboxylic acids is 2. The highest BCUT2D eigenvalue weighted by atomic mass is 35.5. The summed E-state index contributed by atoms with van der Waals surface area (Å²) in [4.78, 5) is 22.0. The molecule has 0 aromatic rings. The van der Waals surface area contributed by atoms with Crippen LogP contribution in [0.5, 0.6) is 0 Å². The zero-order valence-corrected chi connectivity index (χ0v) is 6.80. The van der Waals surface area contributed by atoms with Gasteiger partial charge in [0.05, 0.1) is 0 Å². The maximum atomic E-state index is 11.1. The third-order valence-corrected chi connectivity index (χ3v) is 3.18. The van der Waals surface area contributed by atoms with E-state index in [0.29, 0.717) is 6.42 Å². The van der Waals surface area contributed by atoms with Gasteiger partial charge in [0.2, 0.25) is 5.24 Å². The first-order chi connectivity index (χ1) is 5.20. The minimum absolute atomic E-state index is 0.0231. The summed E-state index contributed by atoms with van der Waals surface area (Å²) in [5.74, 6) is 0.368. The molecule has 11 heavy (non-hydrogen) atoms. The van der Waals surface area contributed by atoms with Crippen molar-refractivity contribution >= 4 is 22.6 Å². The van der Waals surface area contributed by atoms with Crippen LogP contribution in [0.25, 0.3) is 0 Å². The van der Waals surface area contributed by atoms with Crippen molar-refractivity contribution in [2.45, 2.75) is 19.3 Å². The van der Waals surface area contributed by atoms with Crippen LogP contribution in [0.4, 0.5) is 0 Å². The summed E-state index contributed by atoms with van der Waals surface area (Å²) < 4.78 is 0. The zero-order chi connectivity index (χ0) is 8.01. The van der Waals surface area contributed by atoms with E-state index in [1.54, 1.807) is 0 Å². The number of carbonyl (C=O) groups is 2. The Hall–Kier alpha value is -0.370. The van der Waals surface area contributed by atoms with Crippen LogP contribution in [0.15, 0.2) is 0 Å². The molecule has 0 saturated heterocycles. The zero-order valence-electron chi connectivity index (χ0n) is 6.05. The number of fused-ring (bicyclic) bond motifs is 2. The van der Waals surface area contributed by atoms with E-state index in [1.807, 2.05) is 0 Å². The van der Waals surface area contributed by atoms with Crippen molar-refractivity contribution in [1.29, 1.82) is 0 Å². The molecule has 2 rings (SSSR count). The van der Waals surface area contributed by atoms with Crippen LogP contribution >= 0.6 is 11.6 Å². The average Bonchev–Trinajstić information content (AvgIpc) is 2.41. The Bertz CT molecular complexity index is 224. The van der Waals surface area contributed by atoms with E-state index >= 15 is 0 Å². The highest BCUT2D eigenvalue weighted by Crippen LogP contribution is 2.47. The molecule has 60 valence electrons. The van der Waals surface area contributed by atoms with Crippen LogP contribution in [0.3, 0.4) is 0 Å². The van der Waals surface area contributed by atoms with E-state index < -0.39 is 0 Å². The highest BCUT2D eigenvalue weighted by molar-refractivity contribution is 6.64.